The van der Waals surface area contributed by atoms with Gasteiger partial charge < -0.3 is 19.7 Å². The molecule has 25 heavy (non-hydrogen) atoms. The molecule has 0 heterocycles. The van der Waals surface area contributed by atoms with Crippen molar-refractivity contribution in [1.29, 1.82) is 0 Å². The lowest BCUT2D eigenvalue weighted by atomic mass is 9.95. The van der Waals surface area contributed by atoms with Crippen molar-refractivity contribution in [2.45, 2.75) is 20.3 Å². The minimum absolute atomic E-state index is 0.0201. The fraction of sp³-hybridized carbons (Fsp3) is 0.263. The molecule has 0 aliphatic rings. The quantitative estimate of drug-likeness (QED) is 0.782. The summed E-state index contributed by atoms with van der Waals surface area (Å²) in [6.45, 7) is 2.69. The first-order chi connectivity index (χ1) is 11.8. The van der Waals surface area contributed by atoms with Gasteiger partial charge in [-0.25, -0.2) is 0 Å². The Hall–Kier alpha value is -3.02. The van der Waals surface area contributed by atoms with E-state index in [-0.39, 0.29) is 40.6 Å². The molecule has 6 nitrogen and oxygen atoms in total. The Balaban J connectivity index is 2.67. The van der Waals surface area contributed by atoms with Gasteiger partial charge in [-0.15, -0.1) is 0 Å². The fourth-order valence-electron chi connectivity index (χ4n) is 2.70. The van der Waals surface area contributed by atoms with Crippen molar-refractivity contribution < 1.29 is 29.3 Å². The smallest absolute Gasteiger partial charge is 0.163 e. The van der Waals surface area contributed by atoms with Crippen molar-refractivity contribution in [3.8, 4) is 23.0 Å². The molecule has 0 aliphatic heterocycles. The van der Waals surface area contributed by atoms with Crippen LogP contribution >= 0.6 is 0 Å². The molecule has 0 spiro atoms. The zero-order valence-corrected chi connectivity index (χ0v) is 14.5. The SMILES string of the molecule is COc1ccc(C(C)=O)c(O)c1Cc1c(OC)ccc(C(C)=O)c1O. The van der Waals surface area contributed by atoms with Crippen LogP contribution in [0.2, 0.25) is 0 Å². The van der Waals surface area contributed by atoms with E-state index in [1.54, 1.807) is 12.1 Å². The second-order valence-electron chi connectivity index (χ2n) is 5.57. The number of carbonyl (C=O) groups excluding carboxylic acids is 2. The zero-order valence-electron chi connectivity index (χ0n) is 14.5. The van der Waals surface area contributed by atoms with Gasteiger partial charge >= 0.3 is 0 Å². The first-order valence-corrected chi connectivity index (χ1v) is 7.61. The summed E-state index contributed by atoms with van der Waals surface area (Å²) in [5.74, 6) is -0.317. The molecular weight excluding hydrogens is 324 g/mol. The predicted octanol–water partition coefficient (Wildman–Crippen LogP) is 3.11. The van der Waals surface area contributed by atoms with Crippen LogP contribution in [0.3, 0.4) is 0 Å². The maximum absolute atomic E-state index is 11.7. The highest BCUT2D eigenvalue weighted by molar-refractivity contribution is 5.98. The van der Waals surface area contributed by atoms with Crippen molar-refractivity contribution in [3.05, 3.63) is 46.5 Å². The van der Waals surface area contributed by atoms with Crippen LogP contribution in [0.25, 0.3) is 0 Å². The molecule has 6 heteroatoms. The number of rotatable bonds is 6. The number of phenolic OH excluding ortho intramolecular Hbond substituents is 2. The lowest BCUT2D eigenvalue weighted by Gasteiger charge is -2.17. The van der Waals surface area contributed by atoms with E-state index in [2.05, 4.69) is 0 Å². The average molecular weight is 344 g/mol. The average Bonchev–Trinajstić information content (AvgIpc) is 2.57. The maximum Gasteiger partial charge on any atom is 0.163 e. The first kappa shape index (κ1) is 18.3. The summed E-state index contributed by atoms with van der Waals surface area (Å²) in [6.07, 6.45) is 0.0201. The number of hydrogen-bond acceptors (Lipinski definition) is 6. The van der Waals surface area contributed by atoms with E-state index in [0.29, 0.717) is 22.6 Å². The Kier molecular flexibility index (Phi) is 5.32. The first-order valence-electron chi connectivity index (χ1n) is 7.61. The lowest BCUT2D eigenvalue weighted by Crippen LogP contribution is -2.04. The van der Waals surface area contributed by atoms with E-state index in [1.807, 2.05) is 0 Å². The summed E-state index contributed by atoms with van der Waals surface area (Å²) >= 11 is 0. The van der Waals surface area contributed by atoms with Crippen LogP contribution in [0.1, 0.15) is 45.7 Å². The number of ketones is 2. The van der Waals surface area contributed by atoms with Gasteiger partial charge in [-0.1, -0.05) is 0 Å². The largest absolute Gasteiger partial charge is 0.507 e. The molecule has 0 aliphatic carbocycles. The third-order valence-electron chi connectivity index (χ3n) is 4.03. The highest BCUT2D eigenvalue weighted by Gasteiger charge is 2.22. The molecule has 0 saturated carbocycles. The Bertz CT molecular complexity index is 769. The number of Topliss-reactive ketones (excluding diaryl/α,β-unsaturated/α-hetero) is 2. The molecule has 2 rings (SSSR count). The molecule has 0 saturated heterocycles. The van der Waals surface area contributed by atoms with Gasteiger partial charge in [0.15, 0.2) is 11.6 Å². The Morgan fingerprint density at radius 3 is 1.44 bits per heavy atom. The van der Waals surface area contributed by atoms with Crippen LogP contribution in [0.5, 0.6) is 23.0 Å². The number of benzene rings is 2. The second-order valence-corrected chi connectivity index (χ2v) is 5.57. The van der Waals surface area contributed by atoms with Crippen LogP contribution in [-0.4, -0.2) is 36.0 Å². The number of hydrogen-bond donors (Lipinski definition) is 2. The monoisotopic (exact) mass is 344 g/mol. The molecule has 0 unspecified atom stereocenters. The molecule has 0 bridgehead atoms. The van der Waals surface area contributed by atoms with Gasteiger partial charge in [0, 0.05) is 17.5 Å². The predicted molar refractivity (Wildman–Crippen MR) is 92.1 cm³/mol. The third kappa shape index (κ3) is 3.42. The Morgan fingerprint density at radius 1 is 0.800 bits per heavy atom. The molecule has 2 aromatic carbocycles. The summed E-state index contributed by atoms with van der Waals surface area (Å²) in [7, 11) is 2.88. The number of methoxy groups -OCH3 is 2. The Labute approximate surface area is 145 Å². The maximum atomic E-state index is 11.7. The van der Waals surface area contributed by atoms with E-state index < -0.39 is 0 Å². The van der Waals surface area contributed by atoms with E-state index in [4.69, 9.17) is 9.47 Å². The van der Waals surface area contributed by atoms with Crippen LogP contribution < -0.4 is 9.47 Å². The summed E-state index contributed by atoms with van der Waals surface area (Å²) in [5, 5.41) is 21.0. The van der Waals surface area contributed by atoms with E-state index in [9.17, 15) is 19.8 Å². The third-order valence-corrected chi connectivity index (χ3v) is 4.03. The summed E-state index contributed by atoms with van der Waals surface area (Å²) in [5.41, 5.74) is 0.947. The molecule has 2 N–H and O–H groups in total. The molecule has 0 radical (unpaired) electrons. The van der Waals surface area contributed by atoms with Gasteiger partial charge in [-0.2, -0.15) is 0 Å². The lowest BCUT2D eigenvalue weighted by molar-refractivity contribution is 0.100. The zero-order chi connectivity index (χ0) is 18.7. The topological polar surface area (TPSA) is 93.1 Å². The summed E-state index contributed by atoms with van der Waals surface area (Å²) in [4.78, 5) is 23.4. The van der Waals surface area contributed by atoms with Gasteiger partial charge in [0.05, 0.1) is 25.3 Å². The highest BCUT2D eigenvalue weighted by Crippen LogP contribution is 2.39. The minimum Gasteiger partial charge on any atom is -0.507 e. The number of aromatic hydroxyl groups is 2. The number of carbonyl (C=O) groups is 2. The van der Waals surface area contributed by atoms with E-state index in [1.165, 1.54) is 40.2 Å². The molecule has 2 aromatic rings. The van der Waals surface area contributed by atoms with Gasteiger partial charge in [-0.3, -0.25) is 9.59 Å². The van der Waals surface area contributed by atoms with Crippen molar-refractivity contribution in [2.75, 3.05) is 14.2 Å². The fourth-order valence-corrected chi connectivity index (χ4v) is 2.70. The van der Waals surface area contributed by atoms with Crippen LogP contribution in [0.15, 0.2) is 24.3 Å². The van der Waals surface area contributed by atoms with Crippen LogP contribution in [-0.2, 0) is 6.42 Å². The number of ether oxygens (including phenoxy) is 2. The van der Waals surface area contributed by atoms with Crippen molar-refractivity contribution in [3.63, 3.8) is 0 Å². The van der Waals surface area contributed by atoms with Gasteiger partial charge in [0.2, 0.25) is 0 Å². The molecule has 0 atom stereocenters. The molecule has 0 amide bonds. The van der Waals surface area contributed by atoms with Crippen molar-refractivity contribution >= 4 is 11.6 Å². The van der Waals surface area contributed by atoms with E-state index >= 15 is 0 Å². The minimum atomic E-state index is -0.296. The molecule has 0 fully saturated rings. The summed E-state index contributed by atoms with van der Waals surface area (Å²) < 4.78 is 10.5. The highest BCUT2D eigenvalue weighted by atomic mass is 16.5. The van der Waals surface area contributed by atoms with Crippen LogP contribution in [0, 0.1) is 0 Å². The van der Waals surface area contributed by atoms with Crippen molar-refractivity contribution in [2.24, 2.45) is 0 Å². The molecule has 132 valence electrons. The van der Waals surface area contributed by atoms with Gasteiger partial charge in [0.1, 0.15) is 23.0 Å². The second kappa shape index (κ2) is 7.25. The van der Waals surface area contributed by atoms with Crippen LogP contribution in [0.4, 0.5) is 0 Å². The Morgan fingerprint density at radius 2 is 1.16 bits per heavy atom. The van der Waals surface area contributed by atoms with E-state index in [0.717, 1.165) is 0 Å². The number of phenols is 2. The summed E-state index contributed by atoms with van der Waals surface area (Å²) in [6, 6.07) is 6.10. The molecule has 0 aromatic heterocycles. The van der Waals surface area contributed by atoms with Gasteiger partial charge in [0.25, 0.3) is 0 Å². The van der Waals surface area contributed by atoms with Crippen molar-refractivity contribution in [1.82, 2.24) is 0 Å². The normalized spacial score (nSPS) is 10.4. The van der Waals surface area contributed by atoms with Gasteiger partial charge in [-0.05, 0) is 38.1 Å². The standard InChI is InChI=1S/C19H20O6/c1-10(20)12-5-7-16(24-3)14(18(12)22)9-15-17(25-4)8-6-13(11(2)21)19(15)23/h5-8,22-23H,9H2,1-4H3. The molecular formula is C19H20O6.